The summed E-state index contributed by atoms with van der Waals surface area (Å²) in [6, 6.07) is 14.7. The molecule has 0 atom stereocenters. The van der Waals surface area contributed by atoms with Crippen LogP contribution in [0.2, 0.25) is 5.02 Å². The Morgan fingerprint density at radius 2 is 1.56 bits per heavy atom. The lowest BCUT2D eigenvalue weighted by Gasteiger charge is -2.36. The number of ketones is 1. The van der Waals surface area contributed by atoms with E-state index < -0.39 is 0 Å². The number of hydrogen-bond acceptors (Lipinski definition) is 4. The first-order valence-corrected chi connectivity index (χ1v) is 9.40. The van der Waals surface area contributed by atoms with Crippen molar-refractivity contribution in [2.45, 2.75) is 12.8 Å². The van der Waals surface area contributed by atoms with Crippen molar-refractivity contribution >= 4 is 29.0 Å². The number of methoxy groups -OCH3 is 1. The Bertz CT molecular complexity index is 782. The van der Waals surface area contributed by atoms with Crippen LogP contribution in [0.15, 0.2) is 48.5 Å². The number of carbonyl (C=O) groups excluding carboxylic acids is 2. The predicted molar refractivity (Wildman–Crippen MR) is 107 cm³/mol. The largest absolute Gasteiger partial charge is 0.497 e. The molecule has 0 spiro atoms. The Balaban J connectivity index is 1.46. The van der Waals surface area contributed by atoms with E-state index in [0.717, 1.165) is 24.5 Å². The van der Waals surface area contributed by atoms with Crippen LogP contribution in [-0.4, -0.2) is 49.9 Å². The third kappa shape index (κ3) is 5.01. The molecule has 0 saturated carbocycles. The van der Waals surface area contributed by atoms with Gasteiger partial charge in [0, 0.05) is 55.3 Å². The zero-order chi connectivity index (χ0) is 19.2. The van der Waals surface area contributed by atoms with Crippen LogP contribution in [0.5, 0.6) is 5.75 Å². The zero-order valence-corrected chi connectivity index (χ0v) is 16.1. The van der Waals surface area contributed by atoms with E-state index in [1.807, 2.05) is 29.2 Å². The number of hydrogen-bond donors (Lipinski definition) is 0. The third-order valence-corrected chi connectivity index (χ3v) is 5.05. The van der Waals surface area contributed by atoms with Gasteiger partial charge in [0.05, 0.1) is 7.11 Å². The van der Waals surface area contributed by atoms with Gasteiger partial charge >= 0.3 is 0 Å². The highest BCUT2D eigenvalue weighted by molar-refractivity contribution is 6.30. The summed E-state index contributed by atoms with van der Waals surface area (Å²) in [5, 5.41) is 0.595. The Hall–Kier alpha value is -2.53. The Morgan fingerprint density at radius 3 is 2.15 bits per heavy atom. The molecular weight excluding hydrogens is 364 g/mol. The number of Topliss-reactive ketones (excluding diaryl/α,β-unsaturated/α-hetero) is 1. The topological polar surface area (TPSA) is 49.9 Å². The number of rotatable bonds is 6. The minimum Gasteiger partial charge on any atom is -0.497 e. The van der Waals surface area contributed by atoms with E-state index in [9.17, 15) is 9.59 Å². The molecule has 0 N–H and O–H groups in total. The van der Waals surface area contributed by atoms with Crippen LogP contribution in [0.1, 0.15) is 23.2 Å². The molecule has 2 aromatic carbocycles. The molecule has 1 fully saturated rings. The van der Waals surface area contributed by atoms with E-state index in [1.54, 1.807) is 31.4 Å². The normalized spacial score (nSPS) is 14.1. The van der Waals surface area contributed by atoms with E-state index in [4.69, 9.17) is 16.3 Å². The van der Waals surface area contributed by atoms with Crippen LogP contribution in [0, 0.1) is 0 Å². The average molecular weight is 387 g/mol. The van der Waals surface area contributed by atoms with Crippen molar-refractivity contribution in [2.24, 2.45) is 0 Å². The van der Waals surface area contributed by atoms with Crippen LogP contribution in [0.25, 0.3) is 0 Å². The third-order valence-electron chi connectivity index (χ3n) is 4.80. The molecular formula is C21H23ClN2O3. The predicted octanol–water partition coefficient (Wildman–Crippen LogP) is 3.66. The van der Waals surface area contributed by atoms with Crippen LogP contribution >= 0.6 is 11.6 Å². The summed E-state index contributed by atoms with van der Waals surface area (Å²) in [6.45, 7) is 2.90. The molecule has 0 unspecified atom stereocenters. The zero-order valence-electron chi connectivity index (χ0n) is 15.4. The average Bonchev–Trinajstić information content (AvgIpc) is 2.72. The van der Waals surface area contributed by atoms with Crippen molar-refractivity contribution < 1.29 is 14.3 Å². The van der Waals surface area contributed by atoms with Crippen LogP contribution < -0.4 is 9.64 Å². The van der Waals surface area contributed by atoms with Crippen LogP contribution in [0.4, 0.5) is 5.69 Å². The lowest BCUT2D eigenvalue weighted by Crippen LogP contribution is -2.48. The van der Waals surface area contributed by atoms with Gasteiger partial charge in [0.15, 0.2) is 5.78 Å². The highest BCUT2D eigenvalue weighted by Crippen LogP contribution is 2.21. The lowest BCUT2D eigenvalue weighted by molar-refractivity contribution is -0.131. The molecule has 2 aromatic rings. The van der Waals surface area contributed by atoms with Gasteiger partial charge in [-0.2, -0.15) is 0 Å². The summed E-state index contributed by atoms with van der Waals surface area (Å²) in [4.78, 5) is 28.7. The maximum absolute atomic E-state index is 12.4. The SMILES string of the molecule is COc1ccc(N2CCN(C(=O)CCC(=O)c3ccc(Cl)cc3)CC2)cc1. The second kappa shape index (κ2) is 8.91. The van der Waals surface area contributed by atoms with Gasteiger partial charge in [0.25, 0.3) is 0 Å². The number of carbonyl (C=O) groups is 2. The second-order valence-corrected chi connectivity index (χ2v) is 6.93. The molecule has 1 heterocycles. The highest BCUT2D eigenvalue weighted by atomic mass is 35.5. The standard InChI is InChI=1S/C21H23ClN2O3/c1-27-19-8-6-18(7-9-19)23-12-14-24(15-13-23)21(26)11-10-20(25)16-2-4-17(22)5-3-16/h2-9H,10-15H2,1H3. The van der Waals surface area contributed by atoms with Gasteiger partial charge in [-0.25, -0.2) is 0 Å². The van der Waals surface area contributed by atoms with Crippen molar-refractivity contribution in [1.29, 1.82) is 0 Å². The minimum absolute atomic E-state index is 0.0307. The molecule has 1 amide bonds. The van der Waals surface area contributed by atoms with Crippen molar-refractivity contribution in [3.8, 4) is 5.75 Å². The minimum atomic E-state index is -0.0307. The van der Waals surface area contributed by atoms with Crippen LogP contribution in [-0.2, 0) is 4.79 Å². The first kappa shape index (κ1) is 19.2. The fraction of sp³-hybridized carbons (Fsp3) is 0.333. The molecule has 3 rings (SSSR count). The number of benzene rings is 2. The fourth-order valence-electron chi connectivity index (χ4n) is 3.17. The number of halogens is 1. The van der Waals surface area contributed by atoms with Gasteiger partial charge in [-0.15, -0.1) is 0 Å². The summed E-state index contributed by atoms with van der Waals surface area (Å²) < 4.78 is 5.18. The molecule has 5 nitrogen and oxygen atoms in total. The van der Waals surface area contributed by atoms with Crippen molar-refractivity contribution in [3.05, 3.63) is 59.1 Å². The van der Waals surface area contributed by atoms with E-state index in [2.05, 4.69) is 4.90 Å². The van der Waals surface area contributed by atoms with E-state index in [1.165, 1.54) is 0 Å². The molecule has 142 valence electrons. The molecule has 1 aliphatic heterocycles. The second-order valence-electron chi connectivity index (χ2n) is 6.50. The molecule has 27 heavy (non-hydrogen) atoms. The number of nitrogens with zero attached hydrogens (tertiary/aromatic N) is 2. The van der Waals surface area contributed by atoms with E-state index in [0.29, 0.717) is 23.7 Å². The molecule has 0 aromatic heterocycles. The maximum Gasteiger partial charge on any atom is 0.223 e. The quantitative estimate of drug-likeness (QED) is 0.711. The van der Waals surface area contributed by atoms with Gasteiger partial charge in [0.1, 0.15) is 5.75 Å². The molecule has 0 aliphatic carbocycles. The fourth-order valence-corrected chi connectivity index (χ4v) is 3.29. The summed E-state index contributed by atoms with van der Waals surface area (Å²) in [5.41, 5.74) is 1.72. The van der Waals surface area contributed by atoms with Crippen molar-refractivity contribution in [3.63, 3.8) is 0 Å². The molecule has 0 radical (unpaired) electrons. The number of piperazine rings is 1. The van der Waals surface area contributed by atoms with E-state index in [-0.39, 0.29) is 24.5 Å². The Labute approximate surface area is 164 Å². The molecule has 1 aliphatic rings. The monoisotopic (exact) mass is 386 g/mol. The summed E-state index contributed by atoms with van der Waals surface area (Å²) in [5.74, 6) is 0.835. The molecule has 0 bridgehead atoms. The van der Waals surface area contributed by atoms with Gasteiger partial charge in [-0.1, -0.05) is 11.6 Å². The highest BCUT2D eigenvalue weighted by Gasteiger charge is 2.22. The van der Waals surface area contributed by atoms with Gasteiger partial charge in [0.2, 0.25) is 5.91 Å². The van der Waals surface area contributed by atoms with Gasteiger partial charge in [-0.3, -0.25) is 9.59 Å². The van der Waals surface area contributed by atoms with Crippen molar-refractivity contribution in [1.82, 2.24) is 4.90 Å². The lowest BCUT2D eigenvalue weighted by atomic mass is 10.1. The number of amides is 1. The number of ether oxygens (including phenoxy) is 1. The maximum atomic E-state index is 12.4. The first-order chi connectivity index (χ1) is 13.1. The smallest absolute Gasteiger partial charge is 0.223 e. The van der Waals surface area contributed by atoms with E-state index >= 15 is 0 Å². The summed E-state index contributed by atoms with van der Waals surface area (Å²) in [6.07, 6.45) is 0.461. The van der Waals surface area contributed by atoms with Gasteiger partial charge in [-0.05, 0) is 48.5 Å². The van der Waals surface area contributed by atoms with Crippen molar-refractivity contribution in [2.75, 3.05) is 38.2 Å². The Morgan fingerprint density at radius 1 is 0.926 bits per heavy atom. The van der Waals surface area contributed by atoms with Crippen LogP contribution in [0.3, 0.4) is 0 Å². The summed E-state index contributed by atoms with van der Waals surface area (Å²) in [7, 11) is 1.65. The molecule has 6 heteroatoms. The molecule has 1 saturated heterocycles. The van der Waals surface area contributed by atoms with Gasteiger partial charge < -0.3 is 14.5 Å². The number of anilines is 1. The Kier molecular flexibility index (Phi) is 6.35. The first-order valence-electron chi connectivity index (χ1n) is 9.02. The summed E-state index contributed by atoms with van der Waals surface area (Å²) >= 11 is 5.83.